The van der Waals surface area contributed by atoms with Crippen LogP contribution in [-0.4, -0.2) is 17.4 Å². The Morgan fingerprint density at radius 2 is 2.14 bits per heavy atom. The van der Waals surface area contributed by atoms with Crippen molar-refractivity contribution in [2.75, 3.05) is 6.54 Å². The Hall–Kier alpha value is -1.65. The van der Waals surface area contributed by atoms with Crippen molar-refractivity contribution >= 4 is 17.2 Å². The largest absolute Gasteiger partial charge is 0.331 e. The van der Waals surface area contributed by atoms with Crippen LogP contribution in [0.2, 0.25) is 0 Å². The average Bonchev–Trinajstić information content (AvgIpc) is 3.24. The average molecular weight is 298 g/mol. The molecule has 0 radical (unpaired) electrons. The van der Waals surface area contributed by atoms with Gasteiger partial charge in [0.2, 0.25) is 0 Å². The maximum atomic E-state index is 12.9. The Morgan fingerprint density at radius 1 is 1.24 bits per heavy atom. The summed E-state index contributed by atoms with van der Waals surface area (Å²) in [5.41, 5.74) is 3.43. The van der Waals surface area contributed by atoms with E-state index in [1.54, 1.807) is 11.3 Å². The van der Waals surface area contributed by atoms with Gasteiger partial charge in [0.05, 0.1) is 6.04 Å². The van der Waals surface area contributed by atoms with Crippen LogP contribution in [0.3, 0.4) is 0 Å². The second-order valence-corrected chi connectivity index (χ2v) is 6.74. The zero-order valence-corrected chi connectivity index (χ0v) is 12.7. The second kappa shape index (κ2) is 5.28. The van der Waals surface area contributed by atoms with Gasteiger partial charge in [-0.1, -0.05) is 12.1 Å². The van der Waals surface area contributed by atoms with Gasteiger partial charge in [-0.3, -0.25) is 4.79 Å². The first-order chi connectivity index (χ1) is 10.3. The van der Waals surface area contributed by atoms with E-state index in [-0.39, 0.29) is 11.9 Å². The highest BCUT2D eigenvalue weighted by molar-refractivity contribution is 7.10. The molecule has 0 aliphatic carbocycles. The van der Waals surface area contributed by atoms with E-state index in [1.807, 2.05) is 6.07 Å². The van der Waals surface area contributed by atoms with Crippen LogP contribution >= 0.6 is 11.3 Å². The molecule has 3 heterocycles. The van der Waals surface area contributed by atoms with Crippen LogP contribution in [0.4, 0.5) is 0 Å². The molecule has 2 aliphatic rings. The van der Waals surface area contributed by atoms with Crippen molar-refractivity contribution in [2.24, 2.45) is 0 Å². The summed E-state index contributed by atoms with van der Waals surface area (Å²) in [6, 6.07) is 10.6. The third-order valence-corrected chi connectivity index (χ3v) is 5.44. The van der Waals surface area contributed by atoms with Crippen LogP contribution < -0.4 is 5.32 Å². The molecule has 4 rings (SSSR count). The number of carbonyl (C=O) groups is 1. The lowest BCUT2D eigenvalue weighted by molar-refractivity contribution is 0.0738. The lowest BCUT2D eigenvalue weighted by Crippen LogP contribution is -2.30. The van der Waals surface area contributed by atoms with Gasteiger partial charge in [-0.05, 0) is 47.5 Å². The summed E-state index contributed by atoms with van der Waals surface area (Å²) >= 11 is 1.75. The smallest absolute Gasteiger partial charge is 0.254 e. The number of nitrogens with zero attached hydrogens (tertiary/aromatic N) is 1. The van der Waals surface area contributed by atoms with Crippen LogP contribution in [0.15, 0.2) is 35.7 Å². The van der Waals surface area contributed by atoms with E-state index in [2.05, 4.69) is 39.9 Å². The fourth-order valence-electron chi connectivity index (χ4n) is 3.38. The van der Waals surface area contributed by atoms with Gasteiger partial charge in [-0.25, -0.2) is 0 Å². The molecule has 0 spiro atoms. The van der Waals surface area contributed by atoms with E-state index >= 15 is 0 Å². The number of likely N-dealkylation sites (tertiary alicyclic amines) is 1. The van der Waals surface area contributed by atoms with Crippen molar-refractivity contribution < 1.29 is 4.79 Å². The van der Waals surface area contributed by atoms with Crippen LogP contribution in [0.5, 0.6) is 0 Å². The Morgan fingerprint density at radius 3 is 3.00 bits per heavy atom. The van der Waals surface area contributed by atoms with Crippen LogP contribution in [-0.2, 0) is 13.1 Å². The van der Waals surface area contributed by atoms with E-state index in [1.165, 1.54) is 16.0 Å². The summed E-state index contributed by atoms with van der Waals surface area (Å²) in [7, 11) is 0. The number of hydrogen-bond acceptors (Lipinski definition) is 3. The van der Waals surface area contributed by atoms with Gasteiger partial charge >= 0.3 is 0 Å². The number of rotatable bonds is 2. The second-order valence-electron chi connectivity index (χ2n) is 5.76. The Kier molecular flexibility index (Phi) is 3.28. The highest BCUT2D eigenvalue weighted by atomic mass is 32.1. The van der Waals surface area contributed by atoms with Gasteiger partial charge < -0.3 is 10.2 Å². The maximum Gasteiger partial charge on any atom is 0.254 e. The normalized spacial score (nSPS) is 20.8. The predicted octanol–water partition coefficient (Wildman–Crippen LogP) is 3.33. The van der Waals surface area contributed by atoms with Crippen molar-refractivity contribution in [1.82, 2.24) is 10.2 Å². The summed E-state index contributed by atoms with van der Waals surface area (Å²) < 4.78 is 0. The standard InChI is InChI=1S/C17H18N2OS/c20-17(12-5-6-13-10-18-11-14(13)9-12)19-7-1-3-15(19)16-4-2-8-21-16/h2,4-6,8-9,15,18H,1,3,7,10-11H2. The van der Waals surface area contributed by atoms with Crippen LogP contribution in [0, 0.1) is 0 Å². The zero-order valence-electron chi connectivity index (χ0n) is 11.8. The van der Waals surface area contributed by atoms with Gasteiger partial charge in [0, 0.05) is 30.1 Å². The van der Waals surface area contributed by atoms with Crippen LogP contribution in [0.25, 0.3) is 0 Å². The Labute approximate surface area is 128 Å². The lowest BCUT2D eigenvalue weighted by Gasteiger charge is -2.24. The molecule has 108 valence electrons. The van der Waals surface area contributed by atoms with E-state index in [4.69, 9.17) is 0 Å². The monoisotopic (exact) mass is 298 g/mol. The summed E-state index contributed by atoms with van der Waals surface area (Å²) in [6.45, 7) is 2.67. The molecule has 0 bridgehead atoms. The third kappa shape index (κ3) is 2.28. The molecule has 1 aromatic heterocycles. The lowest BCUT2D eigenvalue weighted by atomic mass is 10.1. The molecule has 3 nitrogen and oxygen atoms in total. The number of fused-ring (bicyclic) bond motifs is 1. The van der Waals surface area contributed by atoms with Gasteiger partial charge in [0.1, 0.15) is 0 Å². The Bertz CT molecular complexity index is 665. The molecule has 2 aromatic rings. The first-order valence-electron chi connectivity index (χ1n) is 7.50. The third-order valence-electron chi connectivity index (χ3n) is 4.47. The number of nitrogens with one attached hydrogen (secondary N) is 1. The molecular formula is C17H18N2OS. The molecule has 1 saturated heterocycles. The fourth-order valence-corrected chi connectivity index (χ4v) is 4.25. The molecule has 1 aromatic carbocycles. The molecule has 1 amide bonds. The van der Waals surface area contributed by atoms with E-state index in [9.17, 15) is 4.79 Å². The number of thiophene rings is 1. The molecule has 4 heteroatoms. The SMILES string of the molecule is O=C(c1ccc2c(c1)CNC2)N1CCCC1c1cccs1. The molecular weight excluding hydrogens is 280 g/mol. The highest BCUT2D eigenvalue weighted by Crippen LogP contribution is 2.35. The quantitative estimate of drug-likeness (QED) is 0.922. The number of carbonyl (C=O) groups excluding carboxylic acids is 1. The molecule has 1 N–H and O–H groups in total. The van der Waals surface area contributed by atoms with Crippen LogP contribution in [0.1, 0.15) is 45.2 Å². The first kappa shape index (κ1) is 13.0. The fraction of sp³-hybridized carbons (Fsp3) is 0.353. The minimum atomic E-state index is 0.181. The summed E-state index contributed by atoms with van der Waals surface area (Å²) in [4.78, 5) is 16.2. The van der Waals surface area contributed by atoms with Crippen molar-refractivity contribution in [3.8, 4) is 0 Å². The molecule has 1 atom stereocenters. The topological polar surface area (TPSA) is 32.3 Å². The molecule has 2 aliphatic heterocycles. The van der Waals surface area contributed by atoms with Gasteiger partial charge in [0.25, 0.3) is 5.91 Å². The summed E-state index contributed by atoms with van der Waals surface area (Å²) in [5, 5.41) is 5.43. The summed E-state index contributed by atoms with van der Waals surface area (Å²) in [6.07, 6.45) is 2.18. The predicted molar refractivity (Wildman–Crippen MR) is 84.3 cm³/mol. The van der Waals surface area contributed by atoms with Crippen molar-refractivity contribution in [1.29, 1.82) is 0 Å². The zero-order chi connectivity index (χ0) is 14.2. The van der Waals surface area contributed by atoms with Gasteiger partial charge in [-0.2, -0.15) is 0 Å². The van der Waals surface area contributed by atoms with Crippen molar-refractivity contribution in [3.63, 3.8) is 0 Å². The Balaban J connectivity index is 1.62. The van der Waals surface area contributed by atoms with E-state index in [0.717, 1.165) is 38.0 Å². The van der Waals surface area contributed by atoms with Crippen molar-refractivity contribution in [2.45, 2.75) is 32.0 Å². The minimum absolute atomic E-state index is 0.181. The van der Waals surface area contributed by atoms with E-state index < -0.39 is 0 Å². The number of benzene rings is 1. The molecule has 21 heavy (non-hydrogen) atoms. The number of hydrogen-bond donors (Lipinski definition) is 1. The number of amides is 1. The molecule has 1 unspecified atom stereocenters. The van der Waals surface area contributed by atoms with E-state index in [0.29, 0.717) is 0 Å². The maximum absolute atomic E-state index is 12.9. The summed E-state index contributed by atoms with van der Waals surface area (Å²) in [5.74, 6) is 0.181. The first-order valence-corrected chi connectivity index (χ1v) is 8.38. The minimum Gasteiger partial charge on any atom is -0.331 e. The van der Waals surface area contributed by atoms with Crippen molar-refractivity contribution in [3.05, 3.63) is 57.3 Å². The molecule has 1 fully saturated rings. The van der Waals surface area contributed by atoms with Gasteiger partial charge in [-0.15, -0.1) is 11.3 Å². The molecule has 0 saturated carbocycles. The highest BCUT2D eigenvalue weighted by Gasteiger charge is 2.31. The van der Waals surface area contributed by atoms with Gasteiger partial charge in [0.15, 0.2) is 0 Å².